The van der Waals surface area contributed by atoms with Crippen LogP contribution in [-0.2, 0) is 14.4 Å². The fourth-order valence-corrected chi connectivity index (χ4v) is 3.63. The van der Waals surface area contributed by atoms with Crippen molar-refractivity contribution < 1.29 is 14.4 Å². The molecule has 1 aromatic carbocycles. The number of fused-ring (bicyclic) bond motifs is 1. The van der Waals surface area contributed by atoms with Crippen LogP contribution in [0.15, 0.2) is 35.0 Å². The van der Waals surface area contributed by atoms with E-state index in [4.69, 9.17) is 28.0 Å². The van der Waals surface area contributed by atoms with Crippen LogP contribution in [0, 0.1) is 11.8 Å². The van der Waals surface area contributed by atoms with Crippen LogP contribution in [0.2, 0.25) is 10.0 Å². The van der Waals surface area contributed by atoms with E-state index in [-0.39, 0.29) is 17.5 Å². The van der Waals surface area contributed by atoms with Crippen LogP contribution in [0.4, 0.5) is 0 Å². The summed E-state index contributed by atoms with van der Waals surface area (Å²) in [6, 6.07) is 5.02. The molecule has 0 bridgehead atoms. The topological polar surface area (TPSA) is 55.7 Å². The van der Waals surface area contributed by atoms with E-state index >= 15 is 0 Å². The summed E-state index contributed by atoms with van der Waals surface area (Å²) in [5.74, 6) is -1.35. The normalized spacial score (nSPS) is 26.8. The molecule has 0 radical (unpaired) electrons. The number of rotatable bonds is 2. The molecule has 0 N–H and O–H groups in total. The second-order valence-corrected chi connectivity index (χ2v) is 7.00. The molecule has 1 heterocycles. The minimum Gasteiger partial charge on any atom is -0.380 e. The summed E-state index contributed by atoms with van der Waals surface area (Å²) in [5, 5.41) is 4.74. The van der Waals surface area contributed by atoms with Crippen molar-refractivity contribution in [3.05, 3.63) is 45.5 Å². The Hall–Kier alpha value is -1.65. The van der Waals surface area contributed by atoms with Crippen LogP contribution >= 0.6 is 23.2 Å². The maximum Gasteiger partial charge on any atom is 0.212 e. The number of allylic oxidation sites excluding steroid dienone is 1. The van der Waals surface area contributed by atoms with Gasteiger partial charge in [0.2, 0.25) is 11.4 Å². The summed E-state index contributed by atoms with van der Waals surface area (Å²) in [4.78, 5) is 30.9. The molecule has 1 aliphatic carbocycles. The summed E-state index contributed by atoms with van der Waals surface area (Å²) in [5.41, 5.74) is -0.147. The molecule has 0 fully saturated rings. The van der Waals surface area contributed by atoms with Crippen molar-refractivity contribution >= 4 is 40.5 Å². The molecule has 1 aliphatic heterocycles. The summed E-state index contributed by atoms with van der Waals surface area (Å²) >= 11 is 12.4. The number of nitrogens with zero attached hydrogens (tertiary/aromatic N) is 1. The van der Waals surface area contributed by atoms with Gasteiger partial charge in [0.1, 0.15) is 11.6 Å². The molecule has 2 unspecified atom stereocenters. The smallest absolute Gasteiger partial charge is 0.212 e. The van der Waals surface area contributed by atoms with Crippen molar-refractivity contribution in [1.82, 2.24) is 0 Å². The first-order chi connectivity index (χ1) is 10.8. The van der Waals surface area contributed by atoms with Crippen molar-refractivity contribution in [3.63, 3.8) is 0 Å². The average molecular weight is 352 g/mol. The minimum atomic E-state index is -1.34. The Morgan fingerprint density at radius 3 is 2.39 bits per heavy atom. The summed E-state index contributed by atoms with van der Waals surface area (Å²) in [7, 11) is 0. The van der Waals surface area contributed by atoms with Gasteiger partial charge in [-0.25, -0.2) is 0 Å². The Bertz CT molecular complexity index is 762. The zero-order chi connectivity index (χ0) is 16.9. The lowest BCUT2D eigenvalue weighted by atomic mass is 9.70. The molecule has 3 rings (SSSR count). The molecule has 1 aromatic rings. The first-order valence-electron chi connectivity index (χ1n) is 7.28. The van der Waals surface area contributed by atoms with Crippen LogP contribution in [0.1, 0.15) is 26.3 Å². The highest BCUT2D eigenvalue weighted by atomic mass is 35.5. The Balaban J connectivity index is 2.13. The number of Topliss-reactive ketones (excluding diaryl/α,β-unsaturated/α-hetero) is 1. The van der Waals surface area contributed by atoms with Gasteiger partial charge < -0.3 is 4.84 Å². The largest absolute Gasteiger partial charge is 0.380 e. The number of ketones is 2. The average Bonchev–Trinajstić information content (AvgIpc) is 2.82. The fraction of sp³-hybridized carbons (Fsp3) is 0.353. The molecule has 2 atom stereocenters. The number of halogens is 2. The molecule has 0 amide bonds. The van der Waals surface area contributed by atoms with E-state index in [2.05, 4.69) is 5.16 Å². The third-order valence-corrected chi connectivity index (χ3v) is 4.92. The summed E-state index contributed by atoms with van der Waals surface area (Å²) in [6.07, 6.45) is 1.40. The SMILES string of the molecule is CC(C)C1=CC(=O)C2C(c3c(Cl)cccc3Cl)=NOC2(C)C1=O. The Kier molecular flexibility index (Phi) is 3.85. The van der Waals surface area contributed by atoms with Gasteiger partial charge in [0.25, 0.3) is 0 Å². The van der Waals surface area contributed by atoms with Gasteiger partial charge in [-0.05, 0) is 31.1 Å². The number of benzene rings is 1. The second-order valence-electron chi connectivity index (χ2n) is 6.19. The number of carbonyl (C=O) groups is 2. The van der Waals surface area contributed by atoms with E-state index < -0.39 is 11.5 Å². The third kappa shape index (κ3) is 2.32. The Morgan fingerprint density at radius 2 is 1.83 bits per heavy atom. The lowest BCUT2D eigenvalue weighted by molar-refractivity contribution is -0.146. The van der Waals surface area contributed by atoms with E-state index in [1.807, 2.05) is 13.8 Å². The van der Waals surface area contributed by atoms with Gasteiger partial charge in [-0.1, -0.05) is 48.3 Å². The molecular formula is C17H15Cl2NO3. The van der Waals surface area contributed by atoms with Gasteiger partial charge in [-0.3, -0.25) is 9.59 Å². The number of hydrogen-bond acceptors (Lipinski definition) is 4. The predicted molar refractivity (Wildman–Crippen MR) is 88.9 cm³/mol. The van der Waals surface area contributed by atoms with Gasteiger partial charge in [0, 0.05) is 11.1 Å². The first-order valence-corrected chi connectivity index (χ1v) is 8.03. The third-order valence-electron chi connectivity index (χ3n) is 4.29. The van der Waals surface area contributed by atoms with Crippen LogP contribution in [0.5, 0.6) is 0 Å². The molecule has 0 aromatic heterocycles. The lowest BCUT2D eigenvalue weighted by Gasteiger charge is -2.32. The molecule has 0 spiro atoms. The zero-order valence-electron chi connectivity index (χ0n) is 12.9. The van der Waals surface area contributed by atoms with Crippen LogP contribution in [-0.4, -0.2) is 22.9 Å². The van der Waals surface area contributed by atoms with Gasteiger partial charge in [-0.15, -0.1) is 0 Å². The van der Waals surface area contributed by atoms with Crippen LogP contribution in [0.25, 0.3) is 0 Å². The lowest BCUT2D eigenvalue weighted by Crippen LogP contribution is -2.51. The molecule has 2 aliphatic rings. The number of carbonyl (C=O) groups excluding carboxylic acids is 2. The number of hydrogen-bond donors (Lipinski definition) is 0. The molecule has 0 saturated heterocycles. The predicted octanol–water partition coefficient (Wildman–Crippen LogP) is 3.84. The van der Waals surface area contributed by atoms with E-state index in [9.17, 15) is 9.59 Å². The maximum atomic E-state index is 12.8. The van der Waals surface area contributed by atoms with E-state index in [1.54, 1.807) is 25.1 Å². The molecule has 120 valence electrons. The van der Waals surface area contributed by atoms with Gasteiger partial charge >= 0.3 is 0 Å². The zero-order valence-corrected chi connectivity index (χ0v) is 14.4. The standard InChI is InChI=1S/C17H15Cl2NO3/c1-8(2)9-7-12(21)14-15(20-23-17(14,3)16(9)22)13-10(18)5-4-6-11(13)19/h4-8,14H,1-3H3. The van der Waals surface area contributed by atoms with E-state index in [0.717, 1.165) is 0 Å². The van der Waals surface area contributed by atoms with Gasteiger partial charge in [-0.2, -0.15) is 0 Å². The van der Waals surface area contributed by atoms with E-state index in [1.165, 1.54) is 6.08 Å². The fourth-order valence-electron chi connectivity index (χ4n) is 3.04. The van der Waals surface area contributed by atoms with Crippen molar-refractivity contribution in [2.75, 3.05) is 0 Å². The highest BCUT2D eigenvalue weighted by Crippen LogP contribution is 2.42. The Labute approximate surface area is 144 Å². The molecule has 0 saturated carbocycles. The molecular weight excluding hydrogens is 337 g/mol. The molecule has 23 heavy (non-hydrogen) atoms. The van der Waals surface area contributed by atoms with E-state index in [0.29, 0.717) is 26.9 Å². The molecule has 6 heteroatoms. The van der Waals surface area contributed by atoms with Crippen LogP contribution in [0.3, 0.4) is 0 Å². The summed E-state index contributed by atoms with van der Waals surface area (Å²) in [6.45, 7) is 5.32. The molecule has 4 nitrogen and oxygen atoms in total. The van der Waals surface area contributed by atoms with Crippen LogP contribution < -0.4 is 0 Å². The van der Waals surface area contributed by atoms with Gasteiger partial charge in [0.15, 0.2) is 5.78 Å². The van der Waals surface area contributed by atoms with Crippen molar-refractivity contribution in [1.29, 1.82) is 0 Å². The number of oxime groups is 1. The maximum absolute atomic E-state index is 12.8. The summed E-state index contributed by atoms with van der Waals surface area (Å²) < 4.78 is 0. The quantitative estimate of drug-likeness (QED) is 0.813. The first kappa shape index (κ1) is 16.2. The second kappa shape index (κ2) is 5.46. The van der Waals surface area contributed by atoms with Crippen molar-refractivity contribution in [2.45, 2.75) is 26.4 Å². The minimum absolute atomic E-state index is 0.0687. The van der Waals surface area contributed by atoms with Gasteiger partial charge in [0.05, 0.1) is 10.0 Å². The highest BCUT2D eigenvalue weighted by molar-refractivity contribution is 6.42. The highest BCUT2D eigenvalue weighted by Gasteiger charge is 2.58. The van der Waals surface area contributed by atoms with Crippen molar-refractivity contribution in [2.24, 2.45) is 17.0 Å². The van der Waals surface area contributed by atoms with Crippen molar-refractivity contribution in [3.8, 4) is 0 Å². The Morgan fingerprint density at radius 1 is 1.22 bits per heavy atom. The monoisotopic (exact) mass is 351 g/mol.